The Bertz CT molecular complexity index is 962. The molecule has 2 aromatic carbocycles. The Morgan fingerprint density at radius 2 is 1.83 bits per heavy atom. The number of ether oxygens (including phenoxy) is 2. The number of rotatable bonds is 6. The van der Waals surface area contributed by atoms with Crippen LogP contribution in [0.2, 0.25) is 5.02 Å². The minimum Gasteiger partial charge on any atom is -0.479 e. The average Bonchev–Trinajstić information content (AvgIpc) is 2.75. The third-order valence-corrected chi connectivity index (χ3v) is 6.83. The molecule has 0 aromatic heterocycles. The van der Waals surface area contributed by atoms with Crippen molar-refractivity contribution < 1.29 is 22.7 Å². The zero-order valence-corrected chi connectivity index (χ0v) is 17.8. The normalized spacial score (nSPS) is 16.2. The quantitative estimate of drug-likeness (QED) is 0.693. The molecule has 1 aliphatic heterocycles. The molecular weight excluding hydrogens is 416 g/mol. The van der Waals surface area contributed by atoms with E-state index < -0.39 is 16.1 Å². The van der Waals surface area contributed by atoms with E-state index >= 15 is 0 Å². The number of likely N-dealkylation sites (N-methyl/N-ethyl adjacent to an activating group) is 1. The summed E-state index contributed by atoms with van der Waals surface area (Å²) in [6.07, 6.45) is -0.806. The van der Waals surface area contributed by atoms with Crippen LogP contribution in [0.1, 0.15) is 6.92 Å². The van der Waals surface area contributed by atoms with Crippen molar-refractivity contribution in [3.63, 3.8) is 0 Å². The van der Waals surface area contributed by atoms with Gasteiger partial charge in [-0.15, -0.1) is 0 Å². The first kappa shape index (κ1) is 21.6. The van der Waals surface area contributed by atoms with Gasteiger partial charge in [0.05, 0.1) is 23.1 Å². The molecule has 1 heterocycles. The maximum atomic E-state index is 12.7. The van der Waals surface area contributed by atoms with Crippen molar-refractivity contribution in [2.24, 2.45) is 0 Å². The number of anilines is 1. The highest BCUT2D eigenvalue weighted by Crippen LogP contribution is 2.30. The first-order chi connectivity index (χ1) is 13.8. The molecule has 1 fully saturated rings. The van der Waals surface area contributed by atoms with E-state index in [1.54, 1.807) is 14.0 Å². The van der Waals surface area contributed by atoms with Gasteiger partial charge in [0.15, 0.2) is 6.10 Å². The van der Waals surface area contributed by atoms with Crippen LogP contribution < -0.4 is 9.64 Å². The fourth-order valence-electron chi connectivity index (χ4n) is 2.97. The Kier molecular flexibility index (Phi) is 6.79. The van der Waals surface area contributed by atoms with E-state index in [0.717, 1.165) is 5.69 Å². The topological polar surface area (TPSA) is 76.1 Å². The highest BCUT2D eigenvalue weighted by Gasteiger charge is 2.27. The highest BCUT2D eigenvalue weighted by atomic mass is 35.5. The molecule has 1 saturated heterocycles. The van der Waals surface area contributed by atoms with Gasteiger partial charge in [-0.05, 0) is 37.3 Å². The summed E-state index contributed by atoms with van der Waals surface area (Å²) in [6, 6.07) is 13.5. The average molecular weight is 439 g/mol. The van der Waals surface area contributed by atoms with Gasteiger partial charge in [-0.25, -0.2) is 8.42 Å². The van der Waals surface area contributed by atoms with Crippen LogP contribution in [0.5, 0.6) is 5.75 Å². The number of carbonyl (C=O) groups is 1. The molecule has 9 heteroatoms. The lowest BCUT2D eigenvalue weighted by Crippen LogP contribution is -2.40. The van der Waals surface area contributed by atoms with Crippen LogP contribution in [0.3, 0.4) is 0 Å². The van der Waals surface area contributed by atoms with E-state index in [1.807, 2.05) is 30.3 Å². The van der Waals surface area contributed by atoms with Gasteiger partial charge in [0.1, 0.15) is 5.75 Å². The summed E-state index contributed by atoms with van der Waals surface area (Å²) in [5.74, 6) is -0.00723. The summed E-state index contributed by atoms with van der Waals surface area (Å²) in [5.41, 5.74) is 0.742. The number of morpholine rings is 1. The van der Waals surface area contributed by atoms with Crippen molar-refractivity contribution in [2.75, 3.05) is 38.3 Å². The number of nitrogens with zero attached hydrogens (tertiary/aromatic N) is 2. The number of amides is 1. The summed E-state index contributed by atoms with van der Waals surface area (Å²) in [6.45, 7) is 2.95. The summed E-state index contributed by atoms with van der Waals surface area (Å²) >= 11 is 6.26. The third kappa shape index (κ3) is 4.90. The van der Waals surface area contributed by atoms with Crippen LogP contribution in [0.25, 0.3) is 0 Å². The van der Waals surface area contributed by atoms with E-state index in [9.17, 15) is 13.2 Å². The van der Waals surface area contributed by atoms with E-state index in [1.165, 1.54) is 27.4 Å². The Morgan fingerprint density at radius 1 is 1.17 bits per heavy atom. The predicted molar refractivity (Wildman–Crippen MR) is 111 cm³/mol. The number of hydrogen-bond donors (Lipinski definition) is 0. The monoisotopic (exact) mass is 438 g/mol. The molecule has 1 amide bonds. The second kappa shape index (κ2) is 9.13. The van der Waals surface area contributed by atoms with Gasteiger partial charge in [-0.3, -0.25) is 4.79 Å². The second-order valence-electron chi connectivity index (χ2n) is 6.60. The zero-order chi connectivity index (χ0) is 21.0. The first-order valence-electron chi connectivity index (χ1n) is 9.17. The molecule has 3 rings (SSSR count). The zero-order valence-electron chi connectivity index (χ0n) is 16.2. The maximum absolute atomic E-state index is 12.7. The van der Waals surface area contributed by atoms with Crippen molar-refractivity contribution in [3.8, 4) is 5.75 Å². The number of carbonyl (C=O) groups excluding carboxylic acids is 1. The van der Waals surface area contributed by atoms with Gasteiger partial charge >= 0.3 is 0 Å². The molecular formula is C20H23ClN2O5S. The lowest BCUT2D eigenvalue weighted by Gasteiger charge is -2.26. The molecule has 2 aromatic rings. The first-order valence-corrected chi connectivity index (χ1v) is 11.0. The van der Waals surface area contributed by atoms with Gasteiger partial charge in [0.2, 0.25) is 10.0 Å². The molecule has 1 atom stereocenters. The van der Waals surface area contributed by atoms with Crippen molar-refractivity contribution in [3.05, 3.63) is 53.6 Å². The number of sulfonamides is 1. The minimum atomic E-state index is -3.66. The van der Waals surface area contributed by atoms with E-state index in [2.05, 4.69) is 0 Å². The molecule has 1 unspecified atom stereocenters. The molecule has 1 aliphatic rings. The van der Waals surface area contributed by atoms with Crippen LogP contribution in [0.15, 0.2) is 53.4 Å². The summed E-state index contributed by atoms with van der Waals surface area (Å²) < 4.78 is 37.8. The van der Waals surface area contributed by atoms with Crippen molar-refractivity contribution >= 4 is 33.2 Å². The summed E-state index contributed by atoms with van der Waals surface area (Å²) in [4.78, 5) is 14.2. The van der Waals surface area contributed by atoms with Crippen LogP contribution in [-0.2, 0) is 19.6 Å². The summed E-state index contributed by atoms with van der Waals surface area (Å²) in [7, 11) is -1.99. The number of para-hydroxylation sites is 1. The van der Waals surface area contributed by atoms with Crippen molar-refractivity contribution in [1.29, 1.82) is 0 Å². The second-order valence-corrected chi connectivity index (χ2v) is 8.95. The van der Waals surface area contributed by atoms with E-state index in [-0.39, 0.29) is 21.6 Å². The Balaban J connectivity index is 1.72. The molecule has 0 bridgehead atoms. The van der Waals surface area contributed by atoms with Crippen molar-refractivity contribution in [1.82, 2.24) is 4.31 Å². The number of halogens is 1. The molecule has 0 radical (unpaired) electrons. The molecule has 156 valence electrons. The third-order valence-electron chi connectivity index (χ3n) is 4.64. The minimum absolute atomic E-state index is 0.0807. The molecule has 0 N–H and O–H groups in total. The number of hydrogen-bond acceptors (Lipinski definition) is 5. The molecule has 0 spiro atoms. The fraction of sp³-hybridized carbons (Fsp3) is 0.350. The Morgan fingerprint density at radius 3 is 2.45 bits per heavy atom. The number of benzene rings is 2. The van der Waals surface area contributed by atoms with Crippen LogP contribution >= 0.6 is 11.6 Å². The highest BCUT2D eigenvalue weighted by molar-refractivity contribution is 7.89. The van der Waals surface area contributed by atoms with Gasteiger partial charge < -0.3 is 14.4 Å². The lowest BCUT2D eigenvalue weighted by atomic mass is 10.2. The maximum Gasteiger partial charge on any atom is 0.267 e. The Labute approximate surface area is 175 Å². The molecule has 0 aliphatic carbocycles. The van der Waals surface area contributed by atoms with Crippen molar-refractivity contribution in [2.45, 2.75) is 17.9 Å². The fourth-order valence-corrected chi connectivity index (χ4v) is 4.69. The van der Waals surface area contributed by atoms with Gasteiger partial charge in [0, 0.05) is 25.8 Å². The SMILES string of the molecule is CC(Oc1ccc(S(=O)(=O)N2CCOCC2)cc1Cl)C(=O)N(C)c1ccccc1. The van der Waals surface area contributed by atoms with Crippen LogP contribution in [0.4, 0.5) is 5.69 Å². The molecule has 29 heavy (non-hydrogen) atoms. The summed E-state index contributed by atoms with van der Waals surface area (Å²) in [5, 5.41) is 0.126. The largest absolute Gasteiger partial charge is 0.479 e. The standard InChI is InChI=1S/C20H23ClN2O5S/c1-15(20(24)22(2)16-6-4-3-5-7-16)28-19-9-8-17(14-18(19)21)29(25,26)23-10-12-27-13-11-23/h3-9,14-15H,10-13H2,1-2H3. The van der Waals surface area contributed by atoms with Crippen LogP contribution in [-0.4, -0.2) is 58.1 Å². The molecule has 0 saturated carbocycles. The van der Waals surface area contributed by atoms with E-state index in [4.69, 9.17) is 21.1 Å². The Hall–Kier alpha value is -2.13. The smallest absolute Gasteiger partial charge is 0.267 e. The van der Waals surface area contributed by atoms with Crippen LogP contribution in [0, 0.1) is 0 Å². The predicted octanol–water partition coefficient (Wildman–Crippen LogP) is 2.79. The molecule has 7 nitrogen and oxygen atoms in total. The van der Waals surface area contributed by atoms with Gasteiger partial charge in [-0.1, -0.05) is 29.8 Å². The van der Waals surface area contributed by atoms with Gasteiger partial charge in [0.25, 0.3) is 5.91 Å². The van der Waals surface area contributed by atoms with Gasteiger partial charge in [-0.2, -0.15) is 4.31 Å². The lowest BCUT2D eigenvalue weighted by molar-refractivity contribution is -0.124. The van der Waals surface area contributed by atoms with E-state index in [0.29, 0.717) is 26.3 Å².